The molecule has 0 unspecified atom stereocenters. The number of pyridine rings is 1. The smallest absolute Gasteiger partial charge is 0.333 e. The van der Waals surface area contributed by atoms with Crippen LogP contribution in [0.1, 0.15) is 49.7 Å². The van der Waals surface area contributed by atoms with Crippen LogP contribution in [0.25, 0.3) is 16.7 Å². The molecule has 0 spiro atoms. The van der Waals surface area contributed by atoms with Gasteiger partial charge in [0.15, 0.2) is 6.29 Å². The quantitative estimate of drug-likeness (QED) is 0.121. The van der Waals surface area contributed by atoms with Gasteiger partial charge >= 0.3 is 5.69 Å². The molecule has 1 aliphatic carbocycles. The predicted octanol–water partition coefficient (Wildman–Crippen LogP) is 7.05. The Morgan fingerprint density at radius 1 is 0.706 bits per heavy atom. The summed E-state index contributed by atoms with van der Waals surface area (Å²) >= 11 is 0. The van der Waals surface area contributed by atoms with Gasteiger partial charge in [-0.25, -0.2) is 4.79 Å². The van der Waals surface area contributed by atoms with Crippen molar-refractivity contribution in [3.63, 3.8) is 0 Å². The zero-order valence-electron chi connectivity index (χ0n) is 29.8. The Kier molecular flexibility index (Phi) is 11.0. The Bertz CT molecular complexity index is 1920. The molecule has 1 saturated carbocycles. The molecule has 10 heteroatoms. The van der Waals surface area contributed by atoms with Crippen LogP contribution in [0.2, 0.25) is 0 Å². The Balaban J connectivity index is 1.10. The van der Waals surface area contributed by atoms with Crippen molar-refractivity contribution >= 4 is 16.7 Å². The number of hydrogen-bond acceptors (Lipinski definition) is 8. The number of methoxy groups -OCH3 is 2. The molecule has 51 heavy (non-hydrogen) atoms. The van der Waals surface area contributed by atoms with E-state index in [1.54, 1.807) is 29.4 Å². The van der Waals surface area contributed by atoms with Crippen molar-refractivity contribution in [2.75, 3.05) is 32.2 Å². The zero-order valence-corrected chi connectivity index (χ0v) is 29.8. The number of nitrogens with zero attached hydrogens (tertiary/aromatic N) is 4. The van der Waals surface area contributed by atoms with Crippen LogP contribution in [0.4, 0.5) is 5.69 Å². The topological polar surface area (TPSA) is 89.2 Å². The molecule has 0 N–H and O–H groups in total. The largest absolute Gasteiger partial charge is 0.473 e. The first-order valence-corrected chi connectivity index (χ1v) is 18.0. The van der Waals surface area contributed by atoms with Crippen molar-refractivity contribution in [2.45, 2.75) is 70.2 Å². The third-order valence-electron chi connectivity index (χ3n) is 10.3. The van der Waals surface area contributed by atoms with E-state index in [1.807, 2.05) is 85.9 Å². The van der Waals surface area contributed by atoms with Gasteiger partial charge in [-0.15, -0.1) is 0 Å². The normalized spacial score (nSPS) is 18.4. The number of para-hydroxylation sites is 1. The molecule has 1 aliphatic heterocycles. The maximum atomic E-state index is 14.1. The highest BCUT2D eigenvalue weighted by Gasteiger charge is 2.31. The Morgan fingerprint density at radius 3 is 1.98 bits per heavy atom. The number of rotatable bonds is 13. The number of ether oxygens (including phenoxy) is 5. The summed E-state index contributed by atoms with van der Waals surface area (Å²) in [5.41, 5.74) is 5.15. The first-order valence-electron chi connectivity index (χ1n) is 18.0. The van der Waals surface area contributed by atoms with Crippen LogP contribution in [0.5, 0.6) is 11.8 Å². The van der Waals surface area contributed by atoms with Gasteiger partial charge in [0.2, 0.25) is 11.8 Å². The summed E-state index contributed by atoms with van der Waals surface area (Å²) in [6.45, 7) is 2.38. The lowest BCUT2D eigenvalue weighted by Crippen LogP contribution is -2.40. The van der Waals surface area contributed by atoms with Gasteiger partial charge in [-0.1, -0.05) is 66.7 Å². The minimum Gasteiger partial charge on any atom is -0.473 e. The second kappa shape index (κ2) is 16.1. The molecule has 5 aromatic rings. The average Bonchev–Trinajstić information content (AvgIpc) is 3.44. The number of anilines is 1. The van der Waals surface area contributed by atoms with Gasteiger partial charge in [-0.05, 0) is 67.9 Å². The van der Waals surface area contributed by atoms with E-state index in [-0.39, 0.29) is 24.2 Å². The number of benzene rings is 3. The van der Waals surface area contributed by atoms with Crippen LogP contribution in [0.3, 0.4) is 0 Å². The van der Waals surface area contributed by atoms with Gasteiger partial charge in [0.25, 0.3) is 0 Å². The lowest BCUT2D eigenvalue weighted by Gasteiger charge is -2.38. The van der Waals surface area contributed by atoms with Crippen LogP contribution in [0.15, 0.2) is 95.8 Å². The van der Waals surface area contributed by atoms with Crippen molar-refractivity contribution in [1.82, 2.24) is 14.1 Å². The van der Waals surface area contributed by atoms with E-state index in [0.29, 0.717) is 36.6 Å². The monoisotopic (exact) mass is 692 g/mol. The van der Waals surface area contributed by atoms with E-state index in [9.17, 15) is 4.79 Å². The minimum absolute atomic E-state index is 0.134. The predicted molar refractivity (Wildman–Crippen MR) is 198 cm³/mol. The SMILES string of the molecule is COC(OC)[C@H]1CC[C@H](OC2CCN(c3cccc4c3n(C)c(=O)n4-c3ccc(OCc4ccccc4)nc3OCc3ccccc3)CC2)CC1. The van der Waals surface area contributed by atoms with E-state index < -0.39 is 0 Å². The summed E-state index contributed by atoms with van der Waals surface area (Å²) in [5, 5.41) is 0. The van der Waals surface area contributed by atoms with E-state index in [2.05, 4.69) is 11.0 Å². The van der Waals surface area contributed by atoms with Crippen LogP contribution in [-0.2, 0) is 34.5 Å². The van der Waals surface area contributed by atoms with Crippen molar-refractivity contribution in [3.8, 4) is 17.4 Å². The summed E-state index contributed by atoms with van der Waals surface area (Å²) in [6, 6.07) is 29.7. The standard InChI is InChI=1S/C41H48N4O6/c1-43-38-34(44-25-23-33(24-26-44)51-32-19-17-31(18-20-32)40(47-2)48-3)15-10-16-35(38)45(41(43)46)36-21-22-37(49-27-29-11-6-4-7-12-29)42-39(36)50-28-30-13-8-5-9-14-30/h4-16,21-22,31-33,40H,17-20,23-28H2,1-3H3/t31-,32-. The molecule has 0 amide bonds. The summed E-state index contributed by atoms with van der Waals surface area (Å²) < 4.78 is 33.5. The number of piperidine rings is 1. The fraction of sp³-hybridized carbons (Fsp3) is 0.415. The van der Waals surface area contributed by atoms with Gasteiger partial charge in [0, 0.05) is 46.3 Å². The first-order chi connectivity index (χ1) is 25.0. The van der Waals surface area contributed by atoms with Gasteiger partial charge < -0.3 is 28.6 Å². The fourth-order valence-corrected chi connectivity index (χ4v) is 7.59. The van der Waals surface area contributed by atoms with Crippen LogP contribution >= 0.6 is 0 Å². The lowest BCUT2D eigenvalue weighted by molar-refractivity contribution is -0.153. The van der Waals surface area contributed by atoms with Crippen molar-refractivity contribution in [2.24, 2.45) is 13.0 Å². The van der Waals surface area contributed by atoms with E-state index in [1.165, 1.54) is 0 Å². The van der Waals surface area contributed by atoms with Gasteiger partial charge in [0.1, 0.15) is 18.9 Å². The van der Waals surface area contributed by atoms with Gasteiger partial charge in [-0.3, -0.25) is 9.13 Å². The lowest BCUT2D eigenvalue weighted by atomic mass is 9.86. The first kappa shape index (κ1) is 34.8. The summed E-state index contributed by atoms with van der Waals surface area (Å²) in [4.78, 5) is 21.2. The molecule has 268 valence electrons. The molecular weight excluding hydrogens is 644 g/mol. The molecule has 2 fully saturated rings. The third kappa shape index (κ3) is 7.83. The molecule has 3 heterocycles. The van der Waals surface area contributed by atoms with E-state index in [4.69, 9.17) is 28.7 Å². The highest BCUT2D eigenvalue weighted by Crippen LogP contribution is 2.35. The van der Waals surface area contributed by atoms with Crippen LogP contribution in [-0.4, -0.2) is 59.9 Å². The number of aryl methyl sites for hydroxylation is 1. The molecule has 7 rings (SSSR count). The molecule has 2 aromatic heterocycles. The van der Waals surface area contributed by atoms with Crippen molar-refractivity contribution < 1.29 is 23.7 Å². The Morgan fingerprint density at radius 2 is 1.33 bits per heavy atom. The zero-order chi connectivity index (χ0) is 35.2. The fourth-order valence-electron chi connectivity index (χ4n) is 7.59. The second-order valence-electron chi connectivity index (χ2n) is 13.5. The summed E-state index contributed by atoms with van der Waals surface area (Å²) in [7, 11) is 5.27. The average molecular weight is 693 g/mol. The minimum atomic E-state index is -0.167. The molecule has 1 saturated heterocycles. The highest BCUT2D eigenvalue weighted by atomic mass is 16.7. The van der Waals surface area contributed by atoms with Crippen LogP contribution < -0.4 is 20.1 Å². The second-order valence-corrected chi connectivity index (χ2v) is 13.5. The van der Waals surface area contributed by atoms with Gasteiger partial charge in [0.05, 0.1) is 28.9 Å². The van der Waals surface area contributed by atoms with Gasteiger partial charge in [-0.2, -0.15) is 4.98 Å². The van der Waals surface area contributed by atoms with Crippen LogP contribution in [0, 0.1) is 5.92 Å². The van der Waals surface area contributed by atoms with Crippen molar-refractivity contribution in [1.29, 1.82) is 0 Å². The number of hydrogen-bond donors (Lipinski definition) is 0. The van der Waals surface area contributed by atoms with E-state index in [0.717, 1.165) is 79.5 Å². The molecule has 0 atom stereocenters. The van der Waals surface area contributed by atoms with Crippen molar-refractivity contribution in [3.05, 3.63) is 113 Å². The maximum Gasteiger partial charge on any atom is 0.333 e. The summed E-state index contributed by atoms with van der Waals surface area (Å²) in [6.07, 6.45) is 6.45. The molecule has 0 radical (unpaired) electrons. The summed E-state index contributed by atoms with van der Waals surface area (Å²) in [5.74, 6) is 1.18. The number of imidazole rings is 1. The maximum absolute atomic E-state index is 14.1. The molecule has 0 bridgehead atoms. The third-order valence-corrected chi connectivity index (χ3v) is 10.3. The number of fused-ring (bicyclic) bond motifs is 1. The van der Waals surface area contributed by atoms with E-state index >= 15 is 0 Å². The number of aromatic nitrogens is 3. The highest BCUT2D eigenvalue weighted by molar-refractivity contribution is 5.91. The molecule has 2 aliphatic rings. The molecule has 3 aromatic carbocycles. The Hall–Kier alpha value is -4.64. The Labute approximate surface area is 299 Å². The molecule has 10 nitrogen and oxygen atoms in total. The molecular formula is C41H48N4O6.